The van der Waals surface area contributed by atoms with Gasteiger partial charge < -0.3 is 0 Å². The van der Waals surface area contributed by atoms with Crippen molar-refractivity contribution in [2.24, 2.45) is 0 Å². The second-order valence-electron chi connectivity index (χ2n) is 2.56. The van der Waals surface area contributed by atoms with Crippen LogP contribution < -0.4 is 0 Å². The molecule has 0 atom stereocenters. The molecular formula is C10H18. The fourth-order valence-corrected chi connectivity index (χ4v) is 0.765. The first-order chi connectivity index (χ1) is 4.91. The van der Waals surface area contributed by atoms with E-state index in [2.05, 4.69) is 25.7 Å². The number of unbranched alkanes of at least 4 members (excludes halogenated alkanes) is 4. The smallest absolute Gasteiger partial charge is 0.00886 e. The third-order valence-corrected chi connectivity index (χ3v) is 1.41. The predicted octanol–water partition coefficient (Wildman–Crippen LogP) is 3.37. The van der Waals surface area contributed by atoms with Crippen LogP contribution >= 0.6 is 0 Å². The summed E-state index contributed by atoms with van der Waals surface area (Å²) in [5.41, 5.74) is 0. The van der Waals surface area contributed by atoms with Crippen molar-refractivity contribution < 1.29 is 0 Å². The summed E-state index contributed by atoms with van der Waals surface area (Å²) in [5, 5.41) is 0. The summed E-state index contributed by atoms with van der Waals surface area (Å²) in [6.07, 6.45) is 7.30. The van der Waals surface area contributed by atoms with E-state index in [1.807, 2.05) is 0 Å². The van der Waals surface area contributed by atoms with Crippen molar-refractivity contribution in [1.29, 1.82) is 0 Å². The van der Waals surface area contributed by atoms with Gasteiger partial charge in [0.25, 0.3) is 0 Å². The molecule has 0 aliphatic rings. The molecule has 0 rings (SSSR count). The Bertz CT molecular complexity index is 103. The van der Waals surface area contributed by atoms with Crippen LogP contribution in [0.3, 0.4) is 0 Å². The second kappa shape index (κ2) is 8.56. The summed E-state index contributed by atoms with van der Waals surface area (Å²) >= 11 is 0. The molecule has 0 aromatic heterocycles. The van der Waals surface area contributed by atoms with Gasteiger partial charge >= 0.3 is 0 Å². The molecule has 0 aliphatic carbocycles. The second-order valence-corrected chi connectivity index (χ2v) is 2.56. The van der Waals surface area contributed by atoms with Gasteiger partial charge in [-0.3, -0.25) is 0 Å². The third-order valence-electron chi connectivity index (χ3n) is 1.41. The Morgan fingerprint density at radius 2 is 1.50 bits per heavy atom. The summed E-state index contributed by atoms with van der Waals surface area (Å²) < 4.78 is 0. The molecule has 0 unspecified atom stereocenters. The molecule has 0 nitrogen and oxygen atoms in total. The van der Waals surface area contributed by atoms with Gasteiger partial charge in [0.1, 0.15) is 0 Å². The van der Waals surface area contributed by atoms with E-state index >= 15 is 0 Å². The summed E-state index contributed by atoms with van der Waals surface area (Å²) in [6, 6.07) is 0. The third kappa shape index (κ3) is 7.56. The van der Waals surface area contributed by atoms with E-state index in [1.54, 1.807) is 0 Å². The minimum absolute atomic E-state index is 1.08. The lowest BCUT2D eigenvalue weighted by molar-refractivity contribution is 0.736. The van der Waals surface area contributed by atoms with Crippen LogP contribution in [-0.4, -0.2) is 0 Å². The molecule has 0 amide bonds. The Kier molecular flexibility index (Phi) is 8.18. The lowest BCUT2D eigenvalue weighted by atomic mass is 10.2. The van der Waals surface area contributed by atoms with Crippen LogP contribution in [0.15, 0.2) is 0 Å². The SMILES string of the molecule is CCCC#CCCCCC. The van der Waals surface area contributed by atoms with Crippen LogP contribution in [-0.2, 0) is 0 Å². The maximum Gasteiger partial charge on any atom is 0.00886 e. The molecule has 0 heteroatoms. The highest BCUT2D eigenvalue weighted by molar-refractivity contribution is 4.98. The highest BCUT2D eigenvalue weighted by Crippen LogP contribution is 1.96. The molecule has 58 valence electrons. The normalized spacial score (nSPS) is 8.60. The van der Waals surface area contributed by atoms with Crippen LogP contribution in [0.4, 0.5) is 0 Å². The van der Waals surface area contributed by atoms with Gasteiger partial charge in [0.2, 0.25) is 0 Å². The van der Waals surface area contributed by atoms with Crippen molar-refractivity contribution in [3.05, 3.63) is 0 Å². The zero-order valence-electron chi connectivity index (χ0n) is 7.24. The molecule has 0 aromatic rings. The fraction of sp³-hybridized carbons (Fsp3) is 0.800. The molecule has 0 fully saturated rings. The molecule has 0 saturated heterocycles. The van der Waals surface area contributed by atoms with Gasteiger partial charge in [0.15, 0.2) is 0 Å². The summed E-state index contributed by atoms with van der Waals surface area (Å²) in [6.45, 7) is 4.39. The van der Waals surface area contributed by atoms with Gasteiger partial charge in [-0.2, -0.15) is 0 Å². The first-order valence-electron chi connectivity index (χ1n) is 4.37. The maximum absolute atomic E-state index is 3.17. The number of rotatable bonds is 4. The molecule has 0 spiro atoms. The Hall–Kier alpha value is -0.440. The van der Waals surface area contributed by atoms with Gasteiger partial charge in [-0.25, -0.2) is 0 Å². The summed E-state index contributed by atoms with van der Waals surface area (Å²) in [7, 11) is 0. The standard InChI is InChI=1S/C10H18/c1-3-5-7-9-10-8-6-4-2/h3-7,9H2,1-2H3. The van der Waals surface area contributed by atoms with Crippen LogP contribution in [0, 0.1) is 11.8 Å². The van der Waals surface area contributed by atoms with Gasteiger partial charge in [-0.1, -0.05) is 26.7 Å². The van der Waals surface area contributed by atoms with E-state index in [4.69, 9.17) is 0 Å². The molecule has 10 heavy (non-hydrogen) atoms. The highest BCUT2D eigenvalue weighted by atomic mass is 13.8. The van der Waals surface area contributed by atoms with E-state index in [1.165, 1.54) is 25.7 Å². The highest BCUT2D eigenvalue weighted by Gasteiger charge is 1.79. The lowest BCUT2D eigenvalue weighted by Crippen LogP contribution is -1.71. The van der Waals surface area contributed by atoms with Gasteiger partial charge in [-0.15, -0.1) is 11.8 Å². The topological polar surface area (TPSA) is 0 Å². The average molecular weight is 138 g/mol. The van der Waals surface area contributed by atoms with Crippen LogP contribution in [0.25, 0.3) is 0 Å². The fourth-order valence-electron chi connectivity index (χ4n) is 0.765. The van der Waals surface area contributed by atoms with Crippen molar-refractivity contribution in [2.75, 3.05) is 0 Å². The Morgan fingerprint density at radius 3 is 2.10 bits per heavy atom. The monoisotopic (exact) mass is 138 g/mol. The summed E-state index contributed by atoms with van der Waals surface area (Å²) in [4.78, 5) is 0. The molecule has 0 heterocycles. The Morgan fingerprint density at radius 1 is 0.800 bits per heavy atom. The molecule has 0 aromatic carbocycles. The quantitative estimate of drug-likeness (QED) is 0.412. The average Bonchev–Trinajstić information content (AvgIpc) is 1.97. The summed E-state index contributed by atoms with van der Waals surface area (Å²) in [5.74, 6) is 6.32. The van der Waals surface area contributed by atoms with Gasteiger partial charge in [-0.05, 0) is 12.8 Å². The Balaban J connectivity index is 2.96. The molecule has 0 radical (unpaired) electrons. The molecule has 0 bridgehead atoms. The van der Waals surface area contributed by atoms with Crippen molar-refractivity contribution in [3.8, 4) is 11.8 Å². The number of hydrogen-bond donors (Lipinski definition) is 0. The van der Waals surface area contributed by atoms with Gasteiger partial charge in [0, 0.05) is 12.8 Å². The Labute approximate surface area is 65.0 Å². The molecule has 0 N–H and O–H groups in total. The first kappa shape index (κ1) is 9.56. The molecule has 0 saturated carbocycles. The molecular weight excluding hydrogens is 120 g/mol. The van der Waals surface area contributed by atoms with E-state index in [0.29, 0.717) is 0 Å². The van der Waals surface area contributed by atoms with Crippen LogP contribution in [0.2, 0.25) is 0 Å². The van der Waals surface area contributed by atoms with E-state index in [0.717, 1.165) is 12.8 Å². The zero-order chi connectivity index (χ0) is 7.66. The van der Waals surface area contributed by atoms with Crippen molar-refractivity contribution in [1.82, 2.24) is 0 Å². The van der Waals surface area contributed by atoms with Crippen LogP contribution in [0.1, 0.15) is 52.4 Å². The first-order valence-corrected chi connectivity index (χ1v) is 4.37. The minimum atomic E-state index is 1.08. The van der Waals surface area contributed by atoms with Crippen molar-refractivity contribution in [2.45, 2.75) is 52.4 Å². The number of hydrogen-bond acceptors (Lipinski definition) is 0. The predicted molar refractivity (Wildman–Crippen MR) is 46.8 cm³/mol. The minimum Gasteiger partial charge on any atom is -0.103 e. The van der Waals surface area contributed by atoms with Gasteiger partial charge in [0.05, 0.1) is 0 Å². The lowest BCUT2D eigenvalue weighted by Gasteiger charge is -1.87. The molecule has 0 aliphatic heterocycles. The van der Waals surface area contributed by atoms with Crippen LogP contribution in [0.5, 0.6) is 0 Å². The van der Waals surface area contributed by atoms with E-state index < -0.39 is 0 Å². The van der Waals surface area contributed by atoms with Crippen molar-refractivity contribution in [3.63, 3.8) is 0 Å². The maximum atomic E-state index is 3.17. The van der Waals surface area contributed by atoms with E-state index in [9.17, 15) is 0 Å². The largest absolute Gasteiger partial charge is 0.103 e. The van der Waals surface area contributed by atoms with E-state index in [-0.39, 0.29) is 0 Å². The zero-order valence-corrected chi connectivity index (χ0v) is 7.24. The van der Waals surface area contributed by atoms with Crippen molar-refractivity contribution >= 4 is 0 Å².